The Morgan fingerprint density at radius 1 is 1.18 bits per heavy atom. The molecule has 3 rings (SSSR count). The minimum atomic E-state index is -0.418. The van der Waals surface area contributed by atoms with Crippen molar-refractivity contribution in [3.8, 4) is 5.75 Å². The molecule has 1 aliphatic heterocycles. The molecule has 0 fully saturated rings. The summed E-state index contributed by atoms with van der Waals surface area (Å²) in [5.74, 6) is -0.468. The maximum absolute atomic E-state index is 12.4. The number of carbonyl (C=O) groups is 3. The number of hydrogen-bond acceptors (Lipinski definition) is 5. The molecule has 0 radical (unpaired) electrons. The Morgan fingerprint density at radius 3 is 2.57 bits per heavy atom. The normalized spacial score (nSPS) is 13.0. The van der Waals surface area contributed by atoms with Gasteiger partial charge in [0.1, 0.15) is 12.3 Å². The third-order valence-electron chi connectivity index (χ3n) is 4.11. The van der Waals surface area contributed by atoms with Gasteiger partial charge >= 0.3 is 5.97 Å². The first-order valence-electron chi connectivity index (χ1n) is 8.98. The molecule has 0 spiro atoms. The van der Waals surface area contributed by atoms with Crippen molar-refractivity contribution in [2.75, 3.05) is 23.4 Å². The zero-order chi connectivity index (χ0) is 20.3. The highest BCUT2D eigenvalue weighted by molar-refractivity contribution is 6.05. The molecule has 1 N–H and O–H groups in total. The number of benzene rings is 2. The van der Waals surface area contributed by atoms with E-state index in [4.69, 9.17) is 9.47 Å². The molecule has 0 aromatic heterocycles. The highest BCUT2D eigenvalue weighted by atomic mass is 16.5. The molecule has 0 saturated heterocycles. The molecule has 146 valence electrons. The van der Waals surface area contributed by atoms with Crippen LogP contribution >= 0.6 is 0 Å². The quantitative estimate of drug-likeness (QED) is 0.804. The van der Waals surface area contributed by atoms with Gasteiger partial charge in [-0.05, 0) is 62.7 Å². The van der Waals surface area contributed by atoms with E-state index in [0.717, 1.165) is 5.56 Å². The van der Waals surface area contributed by atoms with Gasteiger partial charge in [-0.25, -0.2) is 4.79 Å². The lowest BCUT2D eigenvalue weighted by molar-refractivity contribution is -0.123. The van der Waals surface area contributed by atoms with E-state index < -0.39 is 5.97 Å². The highest BCUT2D eigenvalue weighted by Gasteiger charge is 2.27. The number of nitrogens with zero attached hydrogens (tertiary/aromatic N) is 1. The summed E-state index contributed by atoms with van der Waals surface area (Å²) in [6.45, 7) is 5.23. The Labute approximate surface area is 163 Å². The average molecular weight is 382 g/mol. The molecule has 0 bridgehead atoms. The van der Waals surface area contributed by atoms with Crippen LogP contribution in [0.1, 0.15) is 29.8 Å². The molecular formula is C21H22N2O5. The van der Waals surface area contributed by atoms with E-state index in [0.29, 0.717) is 22.7 Å². The Kier molecular flexibility index (Phi) is 5.63. The number of anilines is 2. The van der Waals surface area contributed by atoms with Crippen molar-refractivity contribution in [3.63, 3.8) is 0 Å². The van der Waals surface area contributed by atoms with Gasteiger partial charge in [-0.15, -0.1) is 0 Å². The number of fused-ring (bicyclic) bond motifs is 1. The first-order valence-corrected chi connectivity index (χ1v) is 8.98. The Morgan fingerprint density at radius 2 is 1.89 bits per heavy atom. The van der Waals surface area contributed by atoms with E-state index in [9.17, 15) is 14.4 Å². The Bertz CT molecular complexity index is 906. The maximum Gasteiger partial charge on any atom is 0.338 e. The largest absolute Gasteiger partial charge is 0.482 e. The predicted molar refractivity (Wildman–Crippen MR) is 105 cm³/mol. The molecule has 0 unspecified atom stereocenters. The number of amides is 2. The Hall–Kier alpha value is -3.35. The van der Waals surface area contributed by atoms with E-state index in [1.807, 2.05) is 19.1 Å². The van der Waals surface area contributed by atoms with Crippen LogP contribution in [0, 0.1) is 6.92 Å². The molecule has 0 saturated carbocycles. The molecule has 28 heavy (non-hydrogen) atoms. The van der Waals surface area contributed by atoms with Crippen LogP contribution in [0.3, 0.4) is 0 Å². The minimum absolute atomic E-state index is 0.101. The summed E-state index contributed by atoms with van der Waals surface area (Å²) in [4.78, 5) is 38.0. The number of aryl methyl sites for hydroxylation is 1. The van der Waals surface area contributed by atoms with Crippen LogP contribution in [-0.2, 0) is 14.3 Å². The van der Waals surface area contributed by atoms with E-state index in [-0.39, 0.29) is 31.1 Å². The van der Waals surface area contributed by atoms with Crippen molar-refractivity contribution >= 4 is 29.2 Å². The van der Waals surface area contributed by atoms with Gasteiger partial charge in [0.2, 0.25) is 5.91 Å². The van der Waals surface area contributed by atoms with E-state index >= 15 is 0 Å². The van der Waals surface area contributed by atoms with Crippen LogP contribution in [0.5, 0.6) is 5.75 Å². The van der Waals surface area contributed by atoms with Crippen LogP contribution in [0.25, 0.3) is 0 Å². The van der Waals surface area contributed by atoms with Gasteiger partial charge in [0.25, 0.3) is 5.91 Å². The minimum Gasteiger partial charge on any atom is -0.482 e. The van der Waals surface area contributed by atoms with Gasteiger partial charge in [-0.2, -0.15) is 0 Å². The van der Waals surface area contributed by atoms with Gasteiger partial charge in [0.05, 0.1) is 17.4 Å². The third-order valence-corrected chi connectivity index (χ3v) is 4.11. The number of hydrogen-bond donors (Lipinski definition) is 1. The van der Waals surface area contributed by atoms with Gasteiger partial charge in [0, 0.05) is 5.69 Å². The average Bonchev–Trinajstić information content (AvgIpc) is 2.64. The van der Waals surface area contributed by atoms with Gasteiger partial charge in [-0.1, -0.05) is 6.07 Å². The SMILES string of the molecule is Cc1ccc2c(c1)N(CC(=O)Nc1ccc(C(=O)OC(C)C)cc1)C(=O)CO2. The molecule has 7 heteroatoms. The summed E-state index contributed by atoms with van der Waals surface area (Å²) < 4.78 is 10.5. The molecule has 1 aliphatic rings. The summed E-state index contributed by atoms with van der Waals surface area (Å²) in [7, 11) is 0. The van der Waals surface area contributed by atoms with Gasteiger partial charge in [0.15, 0.2) is 6.61 Å². The second-order valence-corrected chi connectivity index (χ2v) is 6.82. The smallest absolute Gasteiger partial charge is 0.338 e. The fraction of sp³-hybridized carbons (Fsp3) is 0.286. The summed E-state index contributed by atoms with van der Waals surface area (Å²) in [5.41, 5.74) is 2.47. The molecule has 2 aromatic rings. The van der Waals surface area contributed by atoms with Crippen LogP contribution in [0.2, 0.25) is 0 Å². The molecule has 1 heterocycles. The van der Waals surface area contributed by atoms with Crippen LogP contribution in [-0.4, -0.2) is 37.0 Å². The van der Waals surface area contributed by atoms with Crippen LogP contribution in [0.15, 0.2) is 42.5 Å². The zero-order valence-corrected chi connectivity index (χ0v) is 16.0. The number of carbonyl (C=O) groups excluding carboxylic acids is 3. The first kappa shape index (κ1) is 19.4. The van der Waals surface area contributed by atoms with Crippen molar-refractivity contribution in [2.24, 2.45) is 0 Å². The predicted octanol–water partition coefficient (Wildman–Crippen LogP) is 2.92. The van der Waals surface area contributed by atoms with Crippen molar-refractivity contribution < 1.29 is 23.9 Å². The number of esters is 1. The summed E-state index contributed by atoms with van der Waals surface area (Å²) >= 11 is 0. The van der Waals surface area contributed by atoms with Crippen LogP contribution < -0.4 is 15.0 Å². The molecule has 2 aromatic carbocycles. The monoisotopic (exact) mass is 382 g/mol. The van der Waals surface area contributed by atoms with Crippen molar-refractivity contribution in [1.29, 1.82) is 0 Å². The summed E-state index contributed by atoms with van der Waals surface area (Å²) in [5, 5.41) is 2.74. The second kappa shape index (κ2) is 8.12. The molecule has 0 aliphatic carbocycles. The summed E-state index contributed by atoms with van der Waals surface area (Å²) in [6.07, 6.45) is -0.204. The maximum atomic E-state index is 12.4. The Balaban J connectivity index is 1.67. The summed E-state index contributed by atoms with van der Waals surface area (Å²) in [6, 6.07) is 11.9. The van der Waals surface area contributed by atoms with E-state index in [2.05, 4.69) is 5.32 Å². The molecule has 7 nitrogen and oxygen atoms in total. The van der Waals surface area contributed by atoms with Crippen molar-refractivity contribution in [1.82, 2.24) is 0 Å². The first-order chi connectivity index (χ1) is 13.3. The number of ether oxygens (including phenoxy) is 2. The molecule has 2 amide bonds. The number of rotatable bonds is 5. The lowest BCUT2D eigenvalue weighted by atomic mass is 10.1. The van der Waals surface area contributed by atoms with Crippen molar-refractivity contribution in [3.05, 3.63) is 53.6 Å². The fourth-order valence-corrected chi connectivity index (χ4v) is 2.80. The lowest BCUT2D eigenvalue weighted by Gasteiger charge is -2.29. The zero-order valence-electron chi connectivity index (χ0n) is 16.0. The molecule has 0 atom stereocenters. The van der Waals surface area contributed by atoms with Gasteiger partial charge in [-0.3, -0.25) is 14.5 Å². The van der Waals surface area contributed by atoms with Crippen molar-refractivity contribution in [2.45, 2.75) is 26.9 Å². The second-order valence-electron chi connectivity index (χ2n) is 6.82. The van der Waals surface area contributed by atoms with Crippen LogP contribution in [0.4, 0.5) is 11.4 Å². The highest BCUT2D eigenvalue weighted by Crippen LogP contribution is 2.32. The fourth-order valence-electron chi connectivity index (χ4n) is 2.80. The lowest BCUT2D eigenvalue weighted by Crippen LogP contribution is -2.43. The third kappa shape index (κ3) is 4.49. The standard InChI is InChI=1S/C21H22N2O5/c1-13(2)28-21(26)15-5-7-16(8-6-15)22-19(24)11-23-17-10-14(3)4-9-18(17)27-12-20(23)25/h4-10,13H,11-12H2,1-3H3,(H,22,24). The van der Waals surface area contributed by atoms with E-state index in [1.165, 1.54) is 4.90 Å². The number of nitrogens with one attached hydrogen (secondary N) is 1. The molecular weight excluding hydrogens is 360 g/mol. The van der Waals surface area contributed by atoms with E-state index in [1.54, 1.807) is 44.2 Å². The van der Waals surface area contributed by atoms with Gasteiger partial charge < -0.3 is 14.8 Å². The topological polar surface area (TPSA) is 84.9 Å².